The predicted octanol–water partition coefficient (Wildman–Crippen LogP) is 1.90. The van der Waals surface area contributed by atoms with Gasteiger partial charge in [-0.2, -0.15) is 10.1 Å². The average molecular weight is 304 g/mol. The summed E-state index contributed by atoms with van der Waals surface area (Å²) < 4.78 is 7.36. The van der Waals surface area contributed by atoms with E-state index in [2.05, 4.69) is 25.1 Å². The summed E-state index contributed by atoms with van der Waals surface area (Å²) in [6.45, 7) is 8.66. The van der Waals surface area contributed by atoms with Crippen LogP contribution in [-0.2, 0) is 19.5 Å². The van der Waals surface area contributed by atoms with Crippen LogP contribution in [0.4, 0.5) is 0 Å². The topological polar surface area (TPSA) is 72.9 Å². The minimum atomic E-state index is 0.450. The van der Waals surface area contributed by atoms with Crippen molar-refractivity contribution < 1.29 is 4.52 Å². The first-order valence-electron chi connectivity index (χ1n) is 8.09. The van der Waals surface area contributed by atoms with Crippen molar-refractivity contribution in [1.82, 2.24) is 29.8 Å². The molecule has 0 N–H and O–H groups in total. The fraction of sp³-hybridized carbons (Fsp3) is 0.733. The maximum absolute atomic E-state index is 5.35. The van der Waals surface area contributed by atoms with Gasteiger partial charge in [-0.25, -0.2) is 9.67 Å². The van der Waals surface area contributed by atoms with Crippen LogP contribution in [0.25, 0.3) is 0 Å². The molecule has 0 spiro atoms. The maximum atomic E-state index is 5.35. The summed E-state index contributed by atoms with van der Waals surface area (Å²) in [4.78, 5) is 11.3. The monoisotopic (exact) mass is 304 g/mol. The molecule has 3 rings (SSSR count). The van der Waals surface area contributed by atoms with Gasteiger partial charge in [-0.1, -0.05) is 18.5 Å². The molecule has 3 heterocycles. The van der Waals surface area contributed by atoms with Crippen molar-refractivity contribution >= 4 is 0 Å². The van der Waals surface area contributed by atoms with Crippen molar-refractivity contribution in [3.8, 4) is 0 Å². The Morgan fingerprint density at radius 2 is 2.09 bits per heavy atom. The summed E-state index contributed by atoms with van der Waals surface area (Å²) in [7, 11) is 0. The van der Waals surface area contributed by atoms with E-state index in [-0.39, 0.29) is 0 Å². The van der Waals surface area contributed by atoms with Crippen LogP contribution in [0.2, 0.25) is 0 Å². The summed E-state index contributed by atoms with van der Waals surface area (Å²) in [5.74, 6) is 3.32. The minimum absolute atomic E-state index is 0.450. The summed E-state index contributed by atoms with van der Waals surface area (Å²) in [5, 5.41) is 8.48. The Morgan fingerprint density at radius 1 is 1.23 bits per heavy atom. The molecule has 1 saturated heterocycles. The highest BCUT2D eigenvalue weighted by Crippen LogP contribution is 2.21. The molecule has 7 nitrogen and oxygen atoms in total. The molecule has 0 aliphatic carbocycles. The highest BCUT2D eigenvalue weighted by atomic mass is 16.5. The van der Waals surface area contributed by atoms with E-state index in [0.29, 0.717) is 6.04 Å². The van der Waals surface area contributed by atoms with Gasteiger partial charge in [-0.3, -0.25) is 4.90 Å². The second kappa shape index (κ2) is 6.56. The molecule has 0 unspecified atom stereocenters. The van der Waals surface area contributed by atoms with Gasteiger partial charge < -0.3 is 4.52 Å². The summed E-state index contributed by atoms with van der Waals surface area (Å²) in [6.07, 6.45) is 4.47. The fourth-order valence-electron chi connectivity index (χ4n) is 3.08. The third-order valence-corrected chi connectivity index (χ3v) is 4.26. The van der Waals surface area contributed by atoms with Gasteiger partial charge in [0.1, 0.15) is 11.6 Å². The van der Waals surface area contributed by atoms with Gasteiger partial charge in [0.15, 0.2) is 5.82 Å². The van der Waals surface area contributed by atoms with Crippen LogP contribution in [-0.4, -0.2) is 42.4 Å². The van der Waals surface area contributed by atoms with E-state index in [9.17, 15) is 0 Å². The van der Waals surface area contributed by atoms with Crippen molar-refractivity contribution in [2.75, 3.05) is 6.54 Å². The van der Waals surface area contributed by atoms with Crippen LogP contribution in [0.1, 0.15) is 49.6 Å². The van der Waals surface area contributed by atoms with Crippen LogP contribution in [0, 0.1) is 13.8 Å². The Balaban J connectivity index is 1.69. The normalized spacial score (nSPS) is 19.7. The Labute approximate surface area is 130 Å². The molecule has 1 atom stereocenters. The quantitative estimate of drug-likeness (QED) is 0.840. The second-order valence-corrected chi connectivity index (χ2v) is 5.97. The number of hydrogen-bond acceptors (Lipinski definition) is 6. The number of nitrogens with zero attached hydrogens (tertiary/aromatic N) is 6. The van der Waals surface area contributed by atoms with E-state index < -0.39 is 0 Å². The van der Waals surface area contributed by atoms with E-state index in [1.165, 1.54) is 19.3 Å². The van der Waals surface area contributed by atoms with Crippen LogP contribution in [0.3, 0.4) is 0 Å². The highest BCUT2D eigenvalue weighted by Gasteiger charge is 2.25. The van der Waals surface area contributed by atoms with Crippen molar-refractivity contribution in [1.29, 1.82) is 0 Å². The number of rotatable bonds is 5. The Kier molecular flexibility index (Phi) is 4.52. The smallest absolute Gasteiger partial charge is 0.240 e. The molecule has 1 aliphatic heterocycles. The molecule has 0 amide bonds. The third-order valence-electron chi connectivity index (χ3n) is 4.26. The van der Waals surface area contributed by atoms with Gasteiger partial charge >= 0.3 is 0 Å². The van der Waals surface area contributed by atoms with Gasteiger partial charge in [-0.15, -0.1) is 0 Å². The van der Waals surface area contributed by atoms with Gasteiger partial charge in [0, 0.05) is 12.5 Å². The van der Waals surface area contributed by atoms with E-state index in [4.69, 9.17) is 4.52 Å². The van der Waals surface area contributed by atoms with E-state index in [0.717, 1.165) is 49.4 Å². The van der Waals surface area contributed by atoms with E-state index >= 15 is 0 Å². The molecular weight excluding hydrogens is 280 g/mol. The highest BCUT2D eigenvalue weighted by molar-refractivity contribution is 4.91. The summed E-state index contributed by atoms with van der Waals surface area (Å²) in [6, 6.07) is 0.450. The zero-order valence-corrected chi connectivity index (χ0v) is 13.6. The van der Waals surface area contributed by atoms with Crippen molar-refractivity contribution in [3.63, 3.8) is 0 Å². The van der Waals surface area contributed by atoms with Gasteiger partial charge in [-0.05, 0) is 33.2 Å². The van der Waals surface area contributed by atoms with Crippen LogP contribution >= 0.6 is 0 Å². The van der Waals surface area contributed by atoms with E-state index in [1.807, 2.05) is 25.5 Å². The van der Waals surface area contributed by atoms with Gasteiger partial charge in [0.05, 0.1) is 13.1 Å². The number of hydrogen-bond donors (Lipinski definition) is 0. The number of aryl methyl sites for hydroxylation is 3. The number of aromatic nitrogens is 5. The van der Waals surface area contributed by atoms with Gasteiger partial charge in [0.25, 0.3) is 0 Å². The maximum Gasteiger partial charge on any atom is 0.240 e. The number of likely N-dealkylation sites (tertiary alicyclic amines) is 1. The van der Waals surface area contributed by atoms with E-state index in [1.54, 1.807) is 0 Å². The molecule has 22 heavy (non-hydrogen) atoms. The van der Waals surface area contributed by atoms with Crippen LogP contribution in [0.5, 0.6) is 0 Å². The standard InChI is InChI=1S/C15H24N6O/c1-4-14-17-15(22-19-14)10-20-8-6-5-7-13(20)9-21-12(3)16-11(2)18-21/h13H,4-10H2,1-3H3/t13-/m0/s1. The van der Waals surface area contributed by atoms with Crippen molar-refractivity contribution in [2.24, 2.45) is 0 Å². The van der Waals surface area contributed by atoms with Crippen LogP contribution in [0.15, 0.2) is 4.52 Å². The Hall–Kier alpha value is -1.76. The molecule has 0 radical (unpaired) electrons. The zero-order valence-electron chi connectivity index (χ0n) is 13.6. The SMILES string of the molecule is CCc1noc(CN2CCCC[C@H]2Cn2nc(C)nc2C)n1. The molecule has 7 heteroatoms. The number of piperidine rings is 1. The first-order valence-corrected chi connectivity index (χ1v) is 8.09. The Morgan fingerprint density at radius 3 is 2.77 bits per heavy atom. The molecule has 1 aliphatic rings. The molecule has 2 aromatic rings. The molecule has 0 aromatic carbocycles. The minimum Gasteiger partial charge on any atom is -0.338 e. The lowest BCUT2D eigenvalue weighted by molar-refractivity contribution is 0.107. The lowest BCUT2D eigenvalue weighted by atomic mass is 10.0. The molecule has 1 fully saturated rings. The Bertz CT molecular complexity index is 619. The lowest BCUT2D eigenvalue weighted by Gasteiger charge is -2.34. The summed E-state index contributed by atoms with van der Waals surface area (Å²) in [5.41, 5.74) is 0. The predicted molar refractivity (Wildman–Crippen MR) is 81.2 cm³/mol. The summed E-state index contributed by atoms with van der Waals surface area (Å²) >= 11 is 0. The first-order chi connectivity index (χ1) is 10.7. The molecule has 0 bridgehead atoms. The molecule has 0 saturated carbocycles. The largest absolute Gasteiger partial charge is 0.338 e. The average Bonchev–Trinajstić information content (AvgIpc) is 3.08. The lowest BCUT2D eigenvalue weighted by Crippen LogP contribution is -2.42. The molecule has 2 aromatic heterocycles. The van der Waals surface area contributed by atoms with Crippen molar-refractivity contribution in [2.45, 2.75) is 65.6 Å². The first kappa shape index (κ1) is 15.1. The van der Waals surface area contributed by atoms with Crippen LogP contribution < -0.4 is 0 Å². The zero-order chi connectivity index (χ0) is 15.5. The molecule has 120 valence electrons. The third kappa shape index (κ3) is 3.35. The van der Waals surface area contributed by atoms with Gasteiger partial charge in [0.2, 0.25) is 5.89 Å². The van der Waals surface area contributed by atoms with Crippen molar-refractivity contribution in [3.05, 3.63) is 23.4 Å². The fourth-order valence-corrected chi connectivity index (χ4v) is 3.08. The molecular formula is C15H24N6O. The second-order valence-electron chi connectivity index (χ2n) is 5.97.